The Morgan fingerprint density at radius 3 is 1.17 bits per heavy atom. The van der Waals surface area contributed by atoms with Crippen LogP contribution < -0.4 is 0 Å². The second kappa shape index (κ2) is 7.25. The SMILES string of the molecule is O=S(=O)(C(Br)(Br)c1ccc(Cl)cc1)C(Br)(Br)c1ccc(Cl)cc1. The fraction of sp³-hybridized carbons (Fsp3) is 0.143. The molecule has 0 aliphatic heterocycles. The van der Waals surface area contributed by atoms with Gasteiger partial charge in [-0.25, -0.2) is 8.42 Å². The number of alkyl halides is 4. The van der Waals surface area contributed by atoms with Crippen molar-refractivity contribution < 1.29 is 8.42 Å². The Labute approximate surface area is 178 Å². The standard InChI is InChI=1S/C14H8Br4Cl2O2S/c15-13(16,9-1-5-11(19)6-2-9)23(21,22)14(17,18)10-3-7-12(20)8-4-10/h1-8H. The van der Waals surface area contributed by atoms with Gasteiger partial charge in [0.1, 0.15) is 0 Å². The van der Waals surface area contributed by atoms with Crippen molar-refractivity contribution >= 4 is 96.8 Å². The lowest BCUT2D eigenvalue weighted by atomic mass is 10.2. The molecule has 0 radical (unpaired) electrons. The molecule has 0 saturated heterocycles. The van der Waals surface area contributed by atoms with Gasteiger partial charge in [0.15, 0.2) is 0 Å². The Hall–Kier alpha value is 0.890. The number of rotatable bonds is 4. The number of halogens is 6. The molecule has 23 heavy (non-hydrogen) atoms. The molecule has 0 spiro atoms. The van der Waals surface area contributed by atoms with Crippen LogP contribution in [0.1, 0.15) is 11.1 Å². The first-order chi connectivity index (χ1) is 10.5. The van der Waals surface area contributed by atoms with Crippen LogP contribution in [0.25, 0.3) is 0 Å². The molecule has 0 amide bonds. The van der Waals surface area contributed by atoms with Gasteiger partial charge in [-0.1, -0.05) is 47.5 Å². The summed E-state index contributed by atoms with van der Waals surface area (Å²) in [5.74, 6) is 0. The maximum atomic E-state index is 13.2. The van der Waals surface area contributed by atoms with E-state index in [2.05, 4.69) is 63.7 Å². The molecule has 0 unspecified atom stereocenters. The van der Waals surface area contributed by atoms with E-state index >= 15 is 0 Å². The number of benzene rings is 2. The van der Waals surface area contributed by atoms with Crippen molar-refractivity contribution in [1.29, 1.82) is 0 Å². The Morgan fingerprint density at radius 2 is 0.913 bits per heavy atom. The molecule has 0 saturated carbocycles. The van der Waals surface area contributed by atoms with E-state index < -0.39 is 15.0 Å². The first-order valence-corrected chi connectivity index (χ1v) is 11.4. The quantitative estimate of drug-likeness (QED) is 0.344. The summed E-state index contributed by atoms with van der Waals surface area (Å²) in [6.45, 7) is 0. The normalized spacial score (nSPS) is 13.1. The number of hydrogen-bond acceptors (Lipinski definition) is 2. The molecule has 0 heterocycles. The lowest BCUT2D eigenvalue weighted by Gasteiger charge is -2.30. The molecule has 2 aromatic carbocycles. The van der Waals surface area contributed by atoms with Crippen molar-refractivity contribution in [2.24, 2.45) is 0 Å². The molecule has 2 aromatic rings. The molecule has 0 fully saturated rings. The van der Waals surface area contributed by atoms with Crippen LogP contribution >= 0.6 is 86.9 Å². The summed E-state index contributed by atoms with van der Waals surface area (Å²) < 4.78 is 23.3. The third kappa shape index (κ3) is 3.86. The molecule has 0 bridgehead atoms. The van der Waals surface area contributed by atoms with Crippen LogP contribution in [0, 0.1) is 0 Å². The topological polar surface area (TPSA) is 34.1 Å². The van der Waals surface area contributed by atoms with E-state index in [4.69, 9.17) is 23.2 Å². The molecule has 0 N–H and O–H groups in total. The van der Waals surface area contributed by atoms with E-state index in [-0.39, 0.29) is 0 Å². The van der Waals surface area contributed by atoms with Crippen molar-refractivity contribution in [2.45, 2.75) is 5.13 Å². The molecule has 9 heteroatoms. The largest absolute Gasteiger partial charge is 0.223 e. The second-order valence-corrected chi connectivity index (χ2v) is 16.6. The molecule has 0 aromatic heterocycles. The van der Waals surface area contributed by atoms with Crippen molar-refractivity contribution in [3.05, 3.63) is 69.7 Å². The molecule has 0 aliphatic carbocycles. The van der Waals surface area contributed by atoms with Crippen LogP contribution in [0.2, 0.25) is 10.0 Å². The van der Waals surface area contributed by atoms with Gasteiger partial charge in [0.2, 0.25) is 15.0 Å². The van der Waals surface area contributed by atoms with Crippen molar-refractivity contribution in [2.75, 3.05) is 0 Å². The Bertz CT molecular complexity index is 740. The average Bonchev–Trinajstić information content (AvgIpc) is 2.47. The molecule has 2 rings (SSSR count). The first-order valence-electron chi connectivity index (χ1n) is 6.02. The van der Waals surface area contributed by atoms with Crippen molar-refractivity contribution in [3.8, 4) is 0 Å². The molecular weight excluding hydrogens is 623 g/mol. The zero-order valence-electron chi connectivity index (χ0n) is 11.1. The summed E-state index contributed by atoms with van der Waals surface area (Å²) in [5.41, 5.74) is 0.971. The van der Waals surface area contributed by atoms with Crippen LogP contribution in [0.5, 0.6) is 0 Å². The third-order valence-corrected chi connectivity index (χ3v) is 12.3. The lowest BCUT2D eigenvalue weighted by Crippen LogP contribution is -2.34. The summed E-state index contributed by atoms with van der Waals surface area (Å²) in [6.07, 6.45) is 0. The van der Waals surface area contributed by atoms with Crippen LogP contribution in [0.15, 0.2) is 48.5 Å². The van der Waals surface area contributed by atoms with E-state index in [1.165, 1.54) is 0 Å². The third-order valence-electron chi connectivity index (χ3n) is 3.04. The highest BCUT2D eigenvalue weighted by Gasteiger charge is 2.53. The van der Waals surface area contributed by atoms with E-state index in [0.717, 1.165) is 0 Å². The first kappa shape index (κ1) is 20.2. The summed E-state index contributed by atoms with van der Waals surface area (Å²) in [5, 5.41) is 1.03. The van der Waals surface area contributed by atoms with Gasteiger partial charge in [-0.3, -0.25) is 0 Å². The molecular formula is C14H8Br4Cl2O2S. The van der Waals surface area contributed by atoms with Gasteiger partial charge in [-0.2, -0.15) is 0 Å². The highest BCUT2D eigenvalue weighted by molar-refractivity contribution is 9.30. The number of sulfone groups is 1. The predicted molar refractivity (Wildman–Crippen MR) is 111 cm³/mol. The summed E-state index contributed by atoms with van der Waals surface area (Å²) >= 11 is 24.9. The van der Waals surface area contributed by atoms with Gasteiger partial charge in [0.05, 0.1) is 0 Å². The second-order valence-electron chi connectivity index (χ2n) is 4.55. The monoisotopic (exact) mass is 626 g/mol. The summed E-state index contributed by atoms with van der Waals surface area (Å²) in [7, 11) is -3.89. The minimum absolute atomic E-state index is 0.485. The Balaban J connectivity index is 2.54. The predicted octanol–water partition coefficient (Wildman–Crippen LogP) is 6.91. The van der Waals surface area contributed by atoms with Crippen molar-refractivity contribution in [1.82, 2.24) is 0 Å². The molecule has 124 valence electrons. The van der Waals surface area contributed by atoms with Crippen molar-refractivity contribution in [3.63, 3.8) is 0 Å². The minimum atomic E-state index is -3.89. The smallest absolute Gasteiger partial charge is 0.210 e. The van der Waals surface area contributed by atoms with Gasteiger partial charge in [-0.05, 0) is 99.1 Å². The van der Waals surface area contributed by atoms with E-state index in [1.54, 1.807) is 48.5 Å². The Morgan fingerprint density at radius 1 is 0.652 bits per heavy atom. The molecule has 0 atom stereocenters. The van der Waals surface area contributed by atoms with Gasteiger partial charge in [0, 0.05) is 10.0 Å². The zero-order valence-corrected chi connectivity index (χ0v) is 19.8. The summed E-state index contributed by atoms with van der Waals surface area (Å²) in [4.78, 5) is 0. The van der Waals surface area contributed by atoms with Crippen LogP contribution in [-0.2, 0) is 15.0 Å². The Kier molecular flexibility index (Phi) is 6.37. The van der Waals surface area contributed by atoms with E-state index in [0.29, 0.717) is 21.2 Å². The fourth-order valence-electron chi connectivity index (χ4n) is 1.76. The zero-order chi connectivity index (χ0) is 17.5. The summed E-state index contributed by atoms with van der Waals surface area (Å²) in [6, 6.07) is 13.0. The minimum Gasteiger partial charge on any atom is -0.223 e. The van der Waals surface area contributed by atoms with E-state index in [1.807, 2.05) is 0 Å². The van der Waals surface area contributed by atoms with Crippen LogP contribution in [0.4, 0.5) is 0 Å². The fourth-order valence-corrected chi connectivity index (χ4v) is 9.80. The highest BCUT2D eigenvalue weighted by atomic mass is 79.9. The molecule has 0 aliphatic rings. The van der Waals surface area contributed by atoms with Crippen LogP contribution in [0.3, 0.4) is 0 Å². The van der Waals surface area contributed by atoms with E-state index in [9.17, 15) is 8.42 Å². The van der Waals surface area contributed by atoms with Crippen LogP contribution in [-0.4, -0.2) is 8.42 Å². The lowest BCUT2D eigenvalue weighted by molar-refractivity contribution is 0.589. The highest BCUT2D eigenvalue weighted by Crippen LogP contribution is 2.56. The van der Waals surface area contributed by atoms with Gasteiger partial charge in [-0.15, -0.1) is 0 Å². The van der Waals surface area contributed by atoms with Gasteiger partial charge < -0.3 is 0 Å². The molecule has 2 nitrogen and oxygen atoms in total. The van der Waals surface area contributed by atoms with Gasteiger partial charge in [0.25, 0.3) is 0 Å². The van der Waals surface area contributed by atoms with Gasteiger partial charge >= 0.3 is 0 Å². The maximum absolute atomic E-state index is 13.2. The average molecular weight is 631 g/mol. The maximum Gasteiger partial charge on any atom is 0.210 e. The number of hydrogen-bond donors (Lipinski definition) is 0.